The first-order chi connectivity index (χ1) is 9.49. The van der Waals surface area contributed by atoms with Crippen LogP contribution in [0.3, 0.4) is 0 Å². The van der Waals surface area contributed by atoms with Crippen molar-refractivity contribution in [3.05, 3.63) is 0 Å². The predicted molar refractivity (Wildman–Crippen MR) is 83.0 cm³/mol. The van der Waals surface area contributed by atoms with Gasteiger partial charge in [-0.1, -0.05) is 19.8 Å². The van der Waals surface area contributed by atoms with E-state index in [4.69, 9.17) is 0 Å². The van der Waals surface area contributed by atoms with Crippen molar-refractivity contribution in [2.75, 3.05) is 12.3 Å². The first kappa shape index (κ1) is 17.3. The highest BCUT2D eigenvalue weighted by atomic mass is 32.1. The van der Waals surface area contributed by atoms with E-state index in [9.17, 15) is 14.4 Å². The van der Waals surface area contributed by atoms with Crippen LogP contribution in [0.1, 0.15) is 26.2 Å². The number of hydrogen-bond acceptors (Lipinski definition) is 5. The van der Waals surface area contributed by atoms with Crippen molar-refractivity contribution < 1.29 is 14.4 Å². The van der Waals surface area contributed by atoms with E-state index in [1.807, 2.05) is 0 Å². The quantitative estimate of drug-likeness (QED) is 0.410. The molecule has 114 valence electrons. The molecule has 0 aromatic heterocycles. The summed E-state index contributed by atoms with van der Waals surface area (Å²) in [6, 6.07) is -1.66. The fourth-order valence-electron chi connectivity index (χ4n) is 1.93. The van der Waals surface area contributed by atoms with Gasteiger partial charge in [-0.2, -0.15) is 12.6 Å². The molecule has 3 N–H and O–H groups in total. The fourth-order valence-corrected chi connectivity index (χ4v) is 2.49. The van der Waals surface area contributed by atoms with Crippen molar-refractivity contribution in [3.63, 3.8) is 0 Å². The Hall–Kier alpha value is -0.730. The Morgan fingerprint density at radius 1 is 1.50 bits per heavy atom. The maximum atomic E-state index is 12.0. The summed E-state index contributed by atoms with van der Waals surface area (Å²) in [5.41, 5.74) is 0. The summed E-state index contributed by atoms with van der Waals surface area (Å²) in [5, 5.41) is 7.79. The number of amides is 2. The first-order valence-corrected chi connectivity index (χ1v) is 7.75. The van der Waals surface area contributed by atoms with E-state index in [1.54, 1.807) is 0 Å². The molecule has 1 aliphatic heterocycles. The Morgan fingerprint density at radius 2 is 2.20 bits per heavy atom. The molecule has 6 nitrogen and oxygen atoms in total. The van der Waals surface area contributed by atoms with Crippen LogP contribution in [-0.4, -0.2) is 47.4 Å². The number of carbonyl (C=O) groups is 3. The van der Waals surface area contributed by atoms with Gasteiger partial charge in [-0.25, -0.2) is 0 Å². The molecule has 1 saturated heterocycles. The molecular weight excluding hydrogens is 298 g/mol. The zero-order valence-corrected chi connectivity index (χ0v) is 13.2. The standard InChI is InChI=1S/C12H21N3O3S2/c1-2-3-4-7-10(16)14-8(5-13-7)11(17)15-9(6-19)12(18)20/h7-9,13,19H,2-6H2,1H3,(H,14,16)(H,15,17)(H,18,20)/t7?,8?,9-/m0/s1. The molecule has 0 radical (unpaired) electrons. The number of unbranched alkanes of at least 4 members (excludes halogenated alkanes) is 1. The van der Waals surface area contributed by atoms with Gasteiger partial charge in [0.1, 0.15) is 12.1 Å². The molecule has 2 amide bonds. The van der Waals surface area contributed by atoms with Crippen LogP contribution in [0, 0.1) is 0 Å². The largest absolute Gasteiger partial charge is 0.343 e. The van der Waals surface area contributed by atoms with Gasteiger partial charge >= 0.3 is 0 Å². The minimum Gasteiger partial charge on any atom is -0.343 e. The van der Waals surface area contributed by atoms with Gasteiger partial charge in [0.2, 0.25) is 16.9 Å². The molecule has 0 spiro atoms. The molecule has 0 saturated carbocycles. The number of nitrogens with one attached hydrogen (secondary N) is 3. The molecule has 1 fully saturated rings. The molecule has 2 unspecified atom stereocenters. The highest BCUT2D eigenvalue weighted by Gasteiger charge is 2.32. The van der Waals surface area contributed by atoms with Gasteiger partial charge in [0.25, 0.3) is 0 Å². The van der Waals surface area contributed by atoms with Crippen LogP contribution in [0.2, 0.25) is 0 Å². The monoisotopic (exact) mass is 319 g/mol. The van der Waals surface area contributed by atoms with E-state index in [0.29, 0.717) is 6.54 Å². The Kier molecular flexibility index (Phi) is 7.39. The van der Waals surface area contributed by atoms with Crippen molar-refractivity contribution in [1.82, 2.24) is 16.0 Å². The van der Waals surface area contributed by atoms with Crippen LogP contribution in [0.4, 0.5) is 0 Å². The fraction of sp³-hybridized carbons (Fsp3) is 0.750. The van der Waals surface area contributed by atoms with E-state index in [0.717, 1.165) is 19.3 Å². The average Bonchev–Trinajstić information content (AvgIpc) is 2.42. The minimum absolute atomic E-state index is 0.168. The second kappa shape index (κ2) is 8.53. The molecule has 0 aromatic rings. The lowest BCUT2D eigenvalue weighted by Gasteiger charge is -2.30. The van der Waals surface area contributed by atoms with Crippen LogP contribution in [0.15, 0.2) is 0 Å². The molecule has 1 rings (SSSR count). The summed E-state index contributed by atoms with van der Waals surface area (Å²) < 4.78 is 0. The Morgan fingerprint density at radius 3 is 2.70 bits per heavy atom. The van der Waals surface area contributed by atoms with E-state index in [2.05, 4.69) is 48.1 Å². The highest BCUT2D eigenvalue weighted by Crippen LogP contribution is 2.05. The van der Waals surface area contributed by atoms with Gasteiger partial charge in [-0.3, -0.25) is 14.4 Å². The summed E-state index contributed by atoms with van der Waals surface area (Å²) >= 11 is 7.65. The smallest absolute Gasteiger partial charge is 0.244 e. The number of thiol groups is 2. The third kappa shape index (κ3) is 4.99. The number of carbonyl (C=O) groups excluding carboxylic acids is 3. The van der Waals surface area contributed by atoms with Crippen molar-refractivity contribution in [3.8, 4) is 0 Å². The third-order valence-corrected chi connectivity index (χ3v) is 3.84. The lowest BCUT2D eigenvalue weighted by molar-refractivity contribution is -0.133. The normalized spacial score (nSPS) is 23.9. The predicted octanol–water partition coefficient (Wildman–Crippen LogP) is -0.496. The molecule has 3 atom stereocenters. The van der Waals surface area contributed by atoms with Crippen LogP contribution >= 0.6 is 25.3 Å². The van der Waals surface area contributed by atoms with Crippen molar-refractivity contribution in [2.45, 2.75) is 44.3 Å². The molecular formula is C12H21N3O3S2. The first-order valence-electron chi connectivity index (χ1n) is 6.67. The zero-order chi connectivity index (χ0) is 15.1. The van der Waals surface area contributed by atoms with Crippen molar-refractivity contribution in [2.24, 2.45) is 0 Å². The molecule has 1 heterocycles. The minimum atomic E-state index is -0.746. The van der Waals surface area contributed by atoms with Crippen LogP contribution in [0.5, 0.6) is 0 Å². The lowest BCUT2D eigenvalue weighted by Crippen LogP contribution is -2.63. The second-order valence-corrected chi connectivity index (χ2v) is 5.55. The van der Waals surface area contributed by atoms with Crippen LogP contribution in [0.25, 0.3) is 0 Å². The second-order valence-electron chi connectivity index (χ2n) is 4.75. The van der Waals surface area contributed by atoms with Gasteiger partial charge in [0, 0.05) is 12.3 Å². The van der Waals surface area contributed by atoms with E-state index in [1.165, 1.54) is 0 Å². The van der Waals surface area contributed by atoms with Gasteiger partial charge < -0.3 is 16.0 Å². The van der Waals surface area contributed by atoms with E-state index < -0.39 is 23.1 Å². The Balaban J connectivity index is 2.48. The van der Waals surface area contributed by atoms with Gasteiger partial charge in [0.05, 0.1) is 6.04 Å². The molecule has 0 aliphatic carbocycles. The molecule has 0 aromatic carbocycles. The topological polar surface area (TPSA) is 87.3 Å². The number of hydrogen-bond donors (Lipinski definition) is 5. The summed E-state index contributed by atoms with van der Waals surface area (Å²) in [6.45, 7) is 2.41. The molecule has 1 aliphatic rings. The summed E-state index contributed by atoms with van der Waals surface area (Å²) in [7, 11) is 0. The number of piperazine rings is 1. The Labute approximate surface area is 129 Å². The van der Waals surface area contributed by atoms with Gasteiger partial charge in [-0.05, 0) is 6.42 Å². The maximum Gasteiger partial charge on any atom is 0.244 e. The van der Waals surface area contributed by atoms with Crippen LogP contribution in [-0.2, 0) is 14.4 Å². The van der Waals surface area contributed by atoms with Gasteiger partial charge in [0.15, 0.2) is 0 Å². The Bertz CT molecular complexity index is 379. The van der Waals surface area contributed by atoms with Crippen molar-refractivity contribution >= 4 is 42.2 Å². The SMILES string of the molecule is CCCCC1NCC(C(=O)N[C@@H](CS)C(=O)S)NC1=O. The summed E-state index contributed by atoms with van der Waals surface area (Å²) in [6.07, 6.45) is 2.73. The average molecular weight is 319 g/mol. The molecule has 8 heteroatoms. The van der Waals surface area contributed by atoms with E-state index >= 15 is 0 Å². The molecule has 20 heavy (non-hydrogen) atoms. The summed E-state index contributed by atoms with van der Waals surface area (Å²) in [4.78, 5) is 34.9. The number of rotatable bonds is 7. The van der Waals surface area contributed by atoms with Gasteiger partial charge in [-0.15, -0.1) is 12.6 Å². The lowest BCUT2D eigenvalue weighted by atomic mass is 10.0. The third-order valence-electron chi connectivity index (χ3n) is 3.16. The van der Waals surface area contributed by atoms with E-state index in [-0.39, 0.29) is 17.7 Å². The summed E-state index contributed by atoms with van der Waals surface area (Å²) in [5.74, 6) is -0.410. The maximum absolute atomic E-state index is 12.0. The zero-order valence-electron chi connectivity index (χ0n) is 11.4. The molecule has 0 bridgehead atoms. The highest BCUT2D eigenvalue weighted by molar-refractivity contribution is 7.96. The van der Waals surface area contributed by atoms with Crippen molar-refractivity contribution in [1.29, 1.82) is 0 Å². The van der Waals surface area contributed by atoms with Crippen LogP contribution < -0.4 is 16.0 Å².